The molecule has 3 aliphatic carbocycles. The molecular formula is C43H29F7N2. The average molecular weight is 707 g/mol. The van der Waals surface area contributed by atoms with Gasteiger partial charge in [0.1, 0.15) is 17.5 Å². The van der Waals surface area contributed by atoms with E-state index in [9.17, 15) is 30.7 Å². The fourth-order valence-electron chi connectivity index (χ4n) is 8.76. The maximum atomic E-state index is 14.6. The molecule has 2 atom stereocenters. The van der Waals surface area contributed by atoms with E-state index in [1.54, 1.807) is 42.5 Å². The molecule has 2 nitrogen and oxygen atoms in total. The van der Waals surface area contributed by atoms with E-state index in [1.165, 1.54) is 37.3 Å². The van der Waals surface area contributed by atoms with E-state index >= 15 is 0 Å². The Hall–Kier alpha value is -5.31. The number of aromatic nitrogens is 2. The second-order valence-electron chi connectivity index (χ2n) is 14.6. The van der Waals surface area contributed by atoms with Crippen LogP contribution < -0.4 is 0 Å². The van der Waals surface area contributed by atoms with Crippen LogP contribution in [-0.4, -0.2) is 29.0 Å². The molecule has 2 aromatic heterocycles. The monoisotopic (exact) mass is 706 g/mol. The van der Waals surface area contributed by atoms with Gasteiger partial charge in [-0.2, -0.15) is 26.3 Å². The van der Waals surface area contributed by atoms with Crippen molar-refractivity contribution in [3.05, 3.63) is 143 Å². The average Bonchev–Trinajstić information content (AvgIpc) is 3.66. The van der Waals surface area contributed by atoms with Gasteiger partial charge in [-0.25, -0.2) is 14.4 Å². The van der Waals surface area contributed by atoms with Gasteiger partial charge in [-0.15, -0.1) is 0 Å². The summed E-state index contributed by atoms with van der Waals surface area (Å²) in [5, 5.41) is 0. The third-order valence-electron chi connectivity index (χ3n) is 11.7. The normalized spacial score (nSPS) is 20.5. The van der Waals surface area contributed by atoms with Crippen LogP contribution in [0, 0.1) is 0 Å². The van der Waals surface area contributed by atoms with Crippen molar-refractivity contribution in [2.75, 3.05) is 6.67 Å². The highest BCUT2D eigenvalue weighted by atomic mass is 19.4. The summed E-state index contributed by atoms with van der Waals surface area (Å²) in [6.45, 7) is 3.74. The lowest BCUT2D eigenvalue weighted by molar-refractivity contribution is -0.181. The highest BCUT2D eigenvalue weighted by Gasteiger charge is 2.62. The van der Waals surface area contributed by atoms with Gasteiger partial charge in [0, 0.05) is 33.2 Å². The molecule has 0 N–H and O–H groups in total. The van der Waals surface area contributed by atoms with Gasteiger partial charge in [0.15, 0.2) is 0 Å². The van der Waals surface area contributed by atoms with Crippen molar-refractivity contribution < 1.29 is 30.7 Å². The van der Waals surface area contributed by atoms with Gasteiger partial charge in [-0.1, -0.05) is 98.8 Å². The van der Waals surface area contributed by atoms with E-state index < -0.39 is 35.3 Å². The van der Waals surface area contributed by atoms with Crippen molar-refractivity contribution in [3.8, 4) is 56.2 Å². The second kappa shape index (κ2) is 10.4. The first-order chi connectivity index (χ1) is 24.6. The molecular weight excluding hydrogens is 677 g/mol. The molecule has 0 saturated carbocycles. The lowest BCUT2D eigenvalue weighted by Gasteiger charge is -2.31. The minimum absolute atomic E-state index is 0.121. The Labute approximate surface area is 295 Å². The van der Waals surface area contributed by atoms with Gasteiger partial charge in [-0.05, 0) is 70.1 Å². The molecule has 0 bridgehead atoms. The van der Waals surface area contributed by atoms with E-state index in [0.29, 0.717) is 28.2 Å². The Morgan fingerprint density at radius 3 is 1.48 bits per heavy atom. The smallest absolute Gasteiger partial charge is 0.249 e. The molecule has 52 heavy (non-hydrogen) atoms. The molecule has 0 aliphatic heterocycles. The highest BCUT2D eigenvalue weighted by molar-refractivity contribution is 5.87. The molecule has 0 saturated heterocycles. The number of fused-ring (bicyclic) bond motifs is 9. The van der Waals surface area contributed by atoms with Crippen LogP contribution in [0.2, 0.25) is 0 Å². The summed E-state index contributed by atoms with van der Waals surface area (Å²) in [5.41, 5.74) is 2.19. The van der Waals surface area contributed by atoms with E-state index in [4.69, 9.17) is 9.97 Å². The predicted octanol–water partition coefficient (Wildman–Crippen LogP) is 11.8. The number of benzene rings is 4. The first kappa shape index (κ1) is 32.6. The number of hydrogen-bond acceptors (Lipinski definition) is 2. The molecule has 0 radical (unpaired) electrons. The molecule has 4 aromatic carbocycles. The number of nitrogens with zero attached hydrogens (tertiary/aromatic N) is 2. The predicted molar refractivity (Wildman–Crippen MR) is 187 cm³/mol. The van der Waals surface area contributed by atoms with Crippen LogP contribution in [0.1, 0.15) is 54.2 Å². The third kappa shape index (κ3) is 4.02. The maximum Gasteiger partial charge on any atom is 0.405 e. The number of pyridine rings is 2. The van der Waals surface area contributed by atoms with E-state index in [-0.39, 0.29) is 33.5 Å². The molecule has 260 valence electrons. The number of alkyl halides is 7. The summed E-state index contributed by atoms with van der Waals surface area (Å²) in [6.07, 6.45) is -9.38. The first-order valence-corrected chi connectivity index (χ1v) is 16.9. The summed E-state index contributed by atoms with van der Waals surface area (Å²) in [7, 11) is 0. The van der Waals surface area contributed by atoms with Crippen LogP contribution in [0.3, 0.4) is 0 Å². The Morgan fingerprint density at radius 1 is 0.481 bits per heavy atom. The quantitative estimate of drug-likeness (QED) is 0.171. The highest BCUT2D eigenvalue weighted by Crippen LogP contribution is 2.58. The fraction of sp³-hybridized carbons (Fsp3) is 0.209. The summed E-state index contributed by atoms with van der Waals surface area (Å²) in [6, 6.07) is 30.4. The van der Waals surface area contributed by atoms with Crippen LogP contribution in [0.5, 0.6) is 0 Å². The van der Waals surface area contributed by atoms with Gasteiger partial charge >= 0.3 is 12.4 Å². The largest absolute Gasteiger partial charge is 0.405 e. The Morgan fingerprint density at radius 2 is 0.962 bits per heavy atom. The second-order valence-corrected chi connectivity index (χ2v) is 14.6. The van der Waals surface area contributed by atoms with Crippen molar-refractivity contribution >= 4 is 0 Å². The van der Waals surface area contributed by atoms with Gasteiger partial charge < -0.3 is 0 Å². The molecule has 2 unspecified atom stereocenters. The Balaban J connectivity index is 1.11. The molecule has 0 amide bonds. The van der Waals surface area contributed by atoms with Crippen LogP contribution in [0.25, 0.3) is 56.2 Å². The minimum Gasteiger partial charge on any atom is -0.249 e. The minimum atomic E-state index is -4.86. The molecule has 6 aromatic rings. The number of halogens is 7. The van der Waals surface area contributed by atoms with Crippen molar-refractivity contribution in [1.82, 2.24) is 9.97 Å². The number of rotatable bonds is 3. The van der Waals surface area contributed by atoms with Gasteiger partial charge in [0.25, 0.3) is 0 Å². The lowest BCUT2D eigenvalue weighted by atomic mass is 9.79. The zero-order chi connectivity index (χ0) is 36.6. The van der Waals surface area contributed by atoms with E-state index in [2.05, 4.69) is 13.8 Å². The Bertz CT molecular complexity index is 2500. The maximum absolute atomic E-state index is 14.6. The van der Waals surface area contributed by atoms with Crippen LogP contribution in [0.4, 0.5) is 30.7 Å². The van der Waals surface area contributed by atoms with Crippen molar-refractivity contribution in [1.29, 1.82) is 0 Å². The summed E-state index contributed by atoms with van der Waals surface area (Å²) >= 11 is 0. The third-order valence-corrected chi connectivity index (χ3v) is 11.7. The fourth-order valence-corrected chi connectivity index (χ4v) is 8.76. The van der Waals surface area contributed by atoms with Crippen LogP contribution in [0.15, 0.2) is 109 Å². The molecule has 9 heteroatoms. The zero-order valence-corrected chi connectivity index (χ0v) is 28.1. The van der Waals surface area contributed by atoms with E-state index in [1.807, 2.05) is 36.4 Å². The topological polar surface area (TPSA) is 25.8 Å². The zero-order valence-electron chi connectivity index (χ0n) is 28.1. The lowest BCUT2D eigenvalue weighted by Crippen LogP contribution is -2.44. The van der Waals surface area contributed by atoms with Crippen molar-refractivity contribution in [2.24, 2.45) is 0 Å². The first-order valence-electron chi connectivity index (χ1n) is 16.9. The summed E-state index contributed by atoms with van der Waals surface area (Å²) in [4.78, 5) is 9.55. The Kier molecular flexibility index (Phi) is 6.51. The molecule has 3 aliphatic rings. The van der Waals surface area contributed by atoms with Crippen LogP contribution in [-0.2, 0) is 16.2 Å². The summed E-state index contributed by atoms with van der Waals surface area (Å²) in [5.74, 6) is 0. The van der Waals surface area contributed by atoms with E-state index in [0.717, 1.165) is 27.8 Å². The van der Waals surface area contributed by atoms with Gasteiger partial charge in [-0.3, -0.25) is 0 Å². The molecule has 2 heterocycles. The SMILES string of the molecule is CC1(C)c2cc(-c3ccc4c(n3)-c3ccccc3C4(C)C(F)(F)F)ccc2-c2ccc(-c3ccc4c(n3)-c3ccccc3C4(CF)C(F)(F)F)cc21. The number of hydrogen-bond donors (Lipinski definition) is 0. The van der Waals surface area contributed by atoms with Gasteiger partial charge in [0.05, 0.1) is 22.8 Å². The standard InChI is InChI=1S/C43H29F7N2/c1-39(2)33-20-23(35-18-16-31-37(51-35)27-8-4-6-10-29(27)40(31,3)42(45,46)47)12-14-25(33)26-15-13-24(21-34(26)39)36-19-17-32-38(52-36)28-9-5-7-11-30(28)41(32,22-44)43(48,49)50/h4-21H,22H2,1-3H3. The molecule has 9 rings (SSSR count). The molecule has 0 fully saturated rings. The van der Waals surface area contributed by atoms with Crippen molar-refractivity contribution in [3.63, 3.8) is 0 Å². The van der Waals surface area contributed by atoms with Crippen LogP contribution >= 0.6 is 0 Å². The molecule has 0 spiro atoms. The van der Waals surface area contributed by atoms with Gasteiger partial charge in [0.2, 0.25) is 0 Å². The van der Waals surface area contributed by atoms with Crippen molar-refractivity contribution in [2.45, 2.75) is 49.4 Å². The summed E-state index contributed by atoms with van der Waals surface area (Å²) < 4.78 is 102.